The molecule has 0 aromatic heterocycles. The van der Waals surface area contributed by atoms with Gasteiger partial charge in [0, 0.05) is 30.4 Å². The Morgan fingerprint density at radius 2 is 1.93 bits per heavy atom. The standard InChI is InChI=1S/C19H22ClN3O6S/c1-12-10-14(20)4-7-18(12)29-13(2)19(24)22-9-8-21-16-6-5-15(30(3,27)28)11-17(16)23(25)26/h4-7,10-11,13,21H,8-9H2,1-3H3,(H,22,24). The molecule has 9 nitrogen and oxygen atoms in total. The second-order valence-electron chi connectivity index (χ2n) is 6.60. The number of nitrogens with zero attached hydrogens (tertiary/aromatic N) is 1. The molecule has 162 valence electrons. The van der Waals surface area contributed by atoms with E-state index in [9.17, 15) is 23.3 Å². The Bertz CT molecular complexity index is 1060. The number of hydrogen-bond donors (Lipinski definition) is 2. The molecule has 11 heteroatoms. The summed E-state index contributed by atoms with van der Waals surface area (Å²) < 4.78 is 28.8. The van der Waals surface area contributed by atoms with Crippen molar-refractivity contribution in [3.05, 3.63) is 57.1 Å². The van der Waals surface area contributed by atoms with Crippen LogP contribution in [0.1, 0.15) is 12.5 Å². The molecule has 0 saturated heterocycles. The molecule has 0 heterocycles. The molecule has 2 aromatic rings. The number of amides is 1. The highest BCUT2D eigenvalue weighted by Gasteiger charge is 2.19. The molecule has 0 saturated carbocycles. The van der Waals surface area contributed by atoms with Crippen LogP contribution in [0.25, 0.3) is 0 Å². The summed E-state index contributed by atoms with van der Waals surface area (Å²) in [7, 11) is -3.56. The van der Waals surface area contributed by atoms with Crippen molar-refractivity contribution < 1.29 is 22.9 Å². The molecule has 2 aromatic carbocycles. The molecule has 0 aliphatic rings. The monoisotopic (exact) mass is 455 g/mol. The summed E-state index contributed by atoms with van der Waals surface area (Å²) in [6.07, 6.45) is 0.219. The molecule has 0 radical (unpaired) electrons. The van der Waals surface area contributed by atoms with E-state index in [1.54, 1.807) is 25.1 Å². The number of benzene rings is 2. The topological polar surface area (TPSA) is 128 Å². The summed E-state index contributed by atoms with van der Waals surface area (Å²) in [5, 5.41) is 17.3. The van der Waals surface area contributed by atoms with Crippen molar-refractivity contribution in [3.63, 3.8) is 0 Å². The lowest BCUT2D eigenvalue weighted by Crippen LogP contribution is -2.38. The molecule has 2 N–H and O–H groups in total. The van der Waals surface area contributed by atoms with Gasteiger partial charge in [-0.25, -0.2) is 8.42 Å². The number of nitro benzene ring substituents is 1. The quantitative estimate of drug-likeness (QED) is 0.338. The first-order valence-electron chi connectivity index (χ1n) is 8.92. The van der Waals surface area contributed by atoms with Crippen LogP contribution in [0, 0.1) is 17.0 Å². The summed E-state index contributed by atoms with van der Waals surface area (Å²) >= 11 is 5.90. The van der Waals surface area contributed by atoms with Gasteiger partial charge in [-0.2, -0.15) is 0 Å². The van der Waals surface area contributed by atoms with Crippen molar-refractivity contribution in [1.82, 2.24) is 5.32 Å². The SMILES string of the molecule is Cc1cc(Cl)ccc1OC(C)C(=O)NCCNc1ccc(S(C)(=O)=O)cc1[N+](=O)[O-]. The van der Waals surface area contributed by atoms with Crippen molar-refractivity contribution >= 4 is 38.7 Å². The zero-order chi connectivity index (χ0) is 22.5. The van der Waals surface area contributed by atoms with Gasteiger partial charge in [-0.1, -0.05) is 11.6 Å². The Morgan fingerprint density at radius 3 is 2.53 bits per heavy atom. The van der Waals surface area contributed by atoms with Gasteiger partial charge in [0.15, 0.2) is 15.9 Å². The molecule has 1 atom stereocenters. The first kappa shape index (κ1) is 23.4. The fourth-order valence-corrected chi connectivity index (χ4v) is 3.43. The van der Waals surface area contributed by atoms with Gasteiger partial charge in [-0.3, -0.25) is 14.9 Å². The van der Waals surface area contributed by atoms with Crippen molar-refractivity contribution in [2.45, 2.75) is 24.8 Å². The van der Waals surface area contributed by atoms with Gasteiger partial charge < -0.3 is 15.4 Å². The average molecular weight is 456 g/mol. The Labute approximate surface area is 179 Å². The van der Waals surface area contributed by atoms with E-state index in [-0.39, 0.29) is 35.3 Å². The predicted molar refractivity (Wildman–Crippen MR) is 114 cm³/mol. The number of ether oxygens (including phenoxy) is 1. The van der Waals surface area contributed by atoms with Crippen molar-refractivity contribution in [1.29, 1.82) is 0 Å². The molecular weight excluding hydrogens is 434 g/mol. The zero-order valence-electron chi connectivity index (χ0n) is 16.6. The van der Waals surface area contributed by atoms with E-state index in [1.165, 1.54) is 12.1 Å². The largest absolute Gasteiger partial charge is 0.481 e. The summed E-state index contributed by atoms with van der Waals surface area (Å²) in [5.41, 5.74) is 0.593. The minimum atomic E-state index is -3.56. The van der Waals surface area contributed by atoms with Crippen LogP contribution in [0.3, 0.4) is 0 Å². The molecule has 0 aliphatic heterocycles. The molecule has 2 rings (SSSR count). The number of carbonyl (C=O) groups excluding carboxylic acids is 1. The molecule has 0 aliphatic carbocycles. The number of sulfone groups is 1. The molecular formula is C19H22ClN3O6S. The average Bonchev–Trinajstić information content (AvgIpc) is 2.66. The lowest BCUT2D eigenvalue weighted by molar-refractivity contribution is -0.384. The van der Waals surface area contributed by atoms with E-state index in [0.29, 0.717) is 10.8 Å². The Kier molecular flexibility index (Phi) is 7.63. The zero-order valence-corrected chi connectivity index (χ0v) is 18.2. The first-order chi connectivity index (χ1) is 14.0. The van der Waals surface area contributed by atoms with Gasteiger partial charge in [-0.15, -0.1) is 0 Å². The van der Waals surface area contributed by atoms with Gasteiger partial charge in [0.1, 0.15) is 11.4 Å². The maximum Gasteiger partial charge on any atom is 0.293 e. The Hall–Kier alpha value is -2.85. The maximum atomic E-state index is 12.2. The van der Waals surface area contributed by atoms with Gasteiger partial charge in [0.05, 0.1) is 9.82 Å². The van der Waals surface area contributed by atoms with Crippen LogP contribution in [0.4, 0.5) is 11.4 Å². The summed E-state index contributed by atoms with van der Waals surface area (Å²) in [4.78, 5) is 22.6. The molecule has 1 unspecified atom stereocenters. The fraction of sp³-hybridized carbons (Fsp3) is 0.316. The van der Waals surface area contributed by atoms with Crippen LogP contribution >= 0.6 is 11.6 Å². The normalized spacial score (nSPS) is 12.1. The smallest absolute Gasteiger partial charge is 0.293 e. The van der Waals surface area contributed by atoms with Gasteiger partial charge in [0.25, 0.3) is 11.6 Å². The molecule has 1 amide bonds. The maximum absolute atomic E-state index is 12.2. The third-order valence-electron chi connectivity index (χ3n) is 4.14. The second-order valence-corrected chi connectivity index (χ2v) is 9.05. The van der Waals surface area contributed by atoms with Crippen LogP contribution in [-0.2, 0) is 14.6 Å². The Morgan fingerprint density at radius 1 is 1.23 bits per heavy atom. The van der Waals surface area contributed by atoms with Crippen molar-refractivity contribution in [3.8, 4) is 5.75 Å². The van der Waals surface area contributed by atoms with Crippen LogP contribution in [0.5, 0.6) is 5.75 Å². The molecule has 30 heavy (non-hydrogen) atoms. The molecule has 0 spiro atoms. The van der Waals surface area contributed by atoms with Crippen LogP contribution in [0.2, 0.25) is 5.02 Å². The van der Waals surface area contributed by atoms with Gasteiger partial charge in [-0.05, 0) is 49.7 Å². The lowest BCUT2D eigenvalue weighted by atomic mass is 10.2. The van der Waals surface area contributed by atoms with Gasteiger partial charge in [0.2, 0.25) is 0 Å². The predicted octanol–water partition coefficient (Wildman–Crippen LogP) is 2.96. The third-order valence-corrected chi connectivity index (χ3v) is 5.49. The van der Waals surface area contributed by atoms with E-state index in [4.69, 9.17) is 16.3 Å². The number of aryl methyl sites for hydroxylation is 1. The van der Waals surface area contributed by atoms with E-state index in [2.05, 4.69) is 10.6 Å². The second kappa shape index (κ2) is 9.77. The number of hydrogen-bond acceptors (Lipinski definition) is 7. The number of anilines is 1. The minimum Gasteiger partial charge on any atom is -0.481 e. The highest BCUT2D eigenvalue weighted by atomic mass is 35.5. The number of carbonyl (C=O) groups is 1. The van der Waals surface area contributed by atoms with E-state index in [0.717, 1.165) is 17.9 Å². The van der Waals surface area contributed by atoms with E-state index < -0.39 is 20.9 Å². The number of rotatable bonds is 9. The summed E-state index contributed by atoms with van der Waals surface area (Å²) in [6, 6.07) is 8.69. The molecule has 0 bridgehead atoms. The molecule has 0 fully saturated rings. The Balaban J connectivity index is 1.91. The highest BCUT2D eigenvalue weighted by Crippen LogP contribution is 2.27. The number of nitro groups is 1. The van der Waals surface area contributed by atoms with Crippen LogP contribution in [-0.4, -0.2) is 44.7 Å². The highest BCUT2D eigenvalue weighted by molar-refractivity contribution is 7.90. The van der Waals surface area contributed by atoms with Crippen LogP contribution in [0.15, 0.2) is 41.3 Å². The first-order valence-corrected chi connectivity index (χ1v) is 11.2. The number of halogens is 1. The number of nitrogens with one attached hydrogen (secondary N) is 2. The fourth-order valence-electron chi connectivity index (χ4n) is 2.56. The van der Waals surface area contributed by atoms with Crippen molar-refractivity contribution in [2.24, 2.45) is 0 Å². The van der Waals surface area contributed by atoms with Crippen LogP contribution < -0.4 is 15.4 Å². The third kappa shape index (κ3) is 6.33. The van der Waals surface area contributed by atoms with E-state index >= 15 is 0 Å². The van der Waals surface area contributed by atoms with Crippen molar-refractivity contribution in [2.75, 3.05) is 24.7 Å². The summed E-state index contributed by atoms with van der Waals surface area (Å²) in [6.45, 7) is 3.79. The lowest BCUT2D eigenvalue weighted by Gasteiger charge is -2.16. The summed E-state index contributed by atoms with van der Waals surface area (Å²) in [5.74, 6) is 0.190. The minimum absolute atomic E-state index is 0.142. The van der Waals surface area contributed by atoms with Gasteiger partial charge >= 0.3 is 0 Å². The van der Waals surface area contributed by atoms with E-state index in [1.807, 2.05) is 6.92 Å².